The predicted octanol–water partition coefficient (Wildman–Crippen LogP) is 2.25. The van der Waals surface area contributed by atoms with E-state index < -0.39 is 223 Å². The molecule has 18 N–H and O–H groups in total. The Bertz CT molecular complexity index is 4960. The first-order chi connectivity index (χ1) is 62.8. The number of para-hydroxylation sites is 2. The van der Waals surface area contributed by atoms with Crippen molar-refractivity contribution in [1.82, 2.24) is 76.6 Å². The lowest BCUT2D eigenvalue weighted by molar-refractivity contribution is -0.149. The van der Waals surface area contributed by atoms with Crippen LogP contribution >= 0.6 is 11.6 Å². The summed E-state index contributed by atoms with van der Waals surface area (Å²) in [5, 5.41) is 55.2. The molecule has 0 spiro atoms. The third kappa shape index (κ3) is 27.9. The van der Waals surface area contributed by atoms with Gasteiger partial charge in [-0.25, -0.2) is 0 Å². The number of aliphatic hydroxyl groups excluding tert-OH is 1. The summed E-state index contributed by atoms with van der Waals surface area (Å²) in [6.07, 6.45) is 1.08. The molecule has 38 nitrogen and oxygen atoms in total. The van der Waals surface area contributed by atoms with Crippen molar-refractivity contribution in [2.24, 2.45) is 35.0 Å². The van der Waals surface area contributed by atoms with Gasteiger partial charge in [-0.3, -0.25) is 81.5 Å². The standard InChI is InChI=1S/C93H131ClN18O20/c1-9-11-25-72-86(125)102-65(39-52(3)4)84(123)100-63(81(97)120)24-19-30-78(115)99-67(41-54-31-33-58(94)34-32-54)90(129)110-37-18-17-28-73(110)87(126)105-69(46-79(116)117)91(130)111-38-20-29-74(111)88(127)106-70(47-96)85(124)103-66(40-53(5)6)92(131)112-50-59(113)45-76(112)77(114)44-55(42-56-48-98-62-23-15-13-21-60(56)62)82(121)101-64(35-36-95)83(122)104-68(89(128)108(8)75(26-12-10-2)93(132)107(72)7)43-57-49-109(51-80(118)119)71-27-16-14-22-61(57)71/h13-16,21-23,27,31-34,48-49,52-53,55,59,63-70,72-76,98,113H,9-12,17-20,24-26,28-30,35-47,50-51,95-96H2,1-8H3,(H2,97,120)(H,99,115)(H,100,123)(H,101,121)(H,102,125)(H,103,124)(H,104,122)(H,105,126)(H,106,127)(H,116,117)(H,118,119)/t55-,59-,63+,64+,65+,66+,67+,68+,69+,70+,72+,73+,74+,75+,76+/m1/s1. The number of amides is 14. The summed E-state index contributed by atoms with van der Waals surface area (Å²) < 4.78 is 1.46. The molecular weight excluding hydrogens is 1720 g/mol. The lowest BCUT2D eigenvalue weighted by atomic mass is 9.90. The fourth-order valence-corrected chi connectivity index (χ4v) is 18.2. The van der Waals surface area contributed by atoms with Gasteiger partial charge in [0.2, 0.25) is 82.7 Å². The first-order valence-electron chi connectivity index (χ1n) is 45.9. The van der Waals surface area contributed by atoms with Crippen molar-refractivity contribution in [2.75, 3.05) is 46.8 Å². The summed E-state index contributed by atoms with van der Waals surface area (Å²) in [5.74, 6) is -17.4. The van der Waals surface area contributed by atoms with Crippen LogP contribution in [0.1, 0.15) is 187 Å². The van der Waals surface area contributed by atoms with E-state index in [0.717, 1.165) is 9.80 Å². The first kappa shape index (κ1) is 104. The number of benzene rings is 3. The number of primary amides is 1. The number of unbranched alkanes of at least 4 members (excludes halogenated alkanes) is 2. The number of hydrogen-bond donors (Lipinski definition) is 15. The van der Waals surface area contributed by atoms with E-state index in [2.05, 4.69) is 47.5 Å². The molecule has 4 aliphatic rings. The van der Waals surface area contributed by atoms with E-state index in [1.54, 1.807) is 107 Å². The average molecular weight is 1860 g/mol. The molecule has 0 bridgehead atoms. The normalized spacial score (nSPS) is 25.8. The second-order valence-corrected chi connectivity index (χ2v) is 36.5. The van der Waals surface area contributed by atoms with Crippen LogP contribution in [0.4, 0.5) is 0 Å². The van der Waals surface area contributed by atoms with Gasteiger partial charge in [0.15, 0.2) is 5.78 Å². The predicted molar refractivity (Wildman–Crippen MR) is 488 cm³/mol. The molecule has 4 aliphatic heterocycles. The van der Waals surface area contributed by atoms with Gasteiger partial charge < -0.3 is 109 Å². The number of fused-ring (bicyclic) bond motifs is 5. The maximum Gasteiger partial charge on any atom is 0.323 e. The van der Waals surface area contributed by atoms with Gasteiger partial charge in [-0.05, 0) is 143 Å². The topological polar surface area (TPSA) is 562 Å². The number of aliphatic carboxylic acids is 2. The van der Waals surface area contributed by atoms with Gasteiger partial charge in [0, 0.05) is 118 Å². The van der Waals surface area contributed by atoms with Crippen LogP contribution in [0.15, 0.2) is 85.2 Å². The number of carboxylic acids is 2. The van der Waals surface area contributed by atoms with Gasteiger partial charge >= 0.3 is 11.9 Å². The molecule has 4 saturated heterocycles. The van der Waals surface area contributed by atoms with E-state index in [4.69, 9.17) is 28.8 Å². The molecule has 0 radical (unpaired) electrons. The van der Waals surface area contributed by atoms with Gasteiger partial charge in [-0.2, -0.15) is 0 Å². The Morgan fingerprint density at radius 3 is 1.70 bits per heavy atom. The van der Waals surface area contributed by atoms with Gasteiger partial charge in [0.25, 0.3) is 0 Å². The zero-order valence-electron chi connectivity index (χ0n) is 76.5. The van der Waals surface area contributed by atoms with Crippen molar-refractivity contribution in [2.45, 2.75) is 280 Å². The van der Waals surface area contributed by atoms with Gasteiger partial charge in [-0.15, -0.1) is 0 Å². The lowest BCUT2D eigenvalue weighted by Gasteiger charge is -2.38. The number of nitrogens with two attached hydrogens (primary N) is 3. The number of H-pyrrole nitrogens is 1. The highest BCUT2D eigenvalue weighted by atomic mass is 35.5. The summed E-state index contributed by atoms with van der Waals surface area (Å²) in [6, 6.07) is 1.29. The van der Waals surface area contributed by atoms with Crippen molar-refractivity contribution < 1.29 is 96.8 Å². The lowest BCUT2D eigenvalue weighted by Crippen LogP contribution is -2.61. The third-order valence-corrected chi connectivity index (χ3v) is 25.3. The average Bonchev–Trinajstić information content (AvgIpc) is 1.63. The quantitative estimate of drug-likeness (QED) is 0.0421. The number of carbonyl (C=O) groups is 17. The van der Waals surface area contributed by atoms with E-state index in [1.807, 2.05) is 13.8 Å². The number of Topliss-reactive ketones (excluding diaryl/α,β-unsaturated/α-hetero) is 1. The number of ketones is 1. The smallest absolute Gasteiger partial charge is 0.323 e. The zero-order chi connectivity index (χ0) is 96.5. The fraction of sp³-hybridized carbons (Fsp3) is 0.581. The minimum atomic E-state index is -1.83. The maximum absolute atomic E-state index is 15.9. The van der Waals surface area contributed by atoms with Crippen LogP contribution in [0, 0.1) is 17.8 Å². The summed E-state index contributed by atoms with van der Waals surface area (Å²) in [5.41, 5.74) is 21.1. The number of likely N-dealkylation sites (N-methyl/N-ethyl adjacent to an activating group) is 2. The number of aromatic amines is 1. The molecule has 4 fully saturated rings. The second kappa shape index (κ2) is 49.0. The maximum atomic E-state index is 15.9. The summed E-state index contributed by atoms with van der Waals surface area (Å²) >= 11 is 6.28. The number of aromatic nitrogens is 2. The van der Waals surface area contributed by atoms with Crippen molar-refractivity contribution in [3.05, 3.63) is 107 Å². The number of carboxylic acid groups (broad SMARTS) is 2. The number of rotatable bonds is 24. The highest BCUT2D eigenvalue weighted by Gasteiger charge is 2.47. The molecule has 0 aliphatic carbocycles. The number of nitrogens with zero attached hydrogens (tertiary/aromatic N) is 6. The minimum Gasteiger partial charge on any atom is -0.481 e. The van der Waals surface area contributed by atoms with E-state index >= 15 is 38.4 Å². The van der Waals surface area contributed by atoms with Crippen LogP contribution in [0.3, 0.4) is 0 Å². The van der Waals surface area contributed by atoms with Crippen molar-refractivity contribution in [3.8, 4) is 0 Å². The van der Waals surface area contributed by atoms with Crippen LogP contribution in [0.5, 0.6) is 0 Å². The molecular formula is C93H131ClN18O20. The highest BCUT2D eigenvalue weighted by Crippen LogP contribution is 2.31. The van der Waals surface area contributed by atoms with Crippen LogP contribution in [0.2, 0.25) is 5.02 Å². The molecule has 2 aromatic heterocycles. The Kier molecular flexibility index (Phi) is 38.5. The van der Waals surface area contributed by atoms with E-state index in [-0.39, 0.29) is 128 Å². The number of nitrogens with one attached hydrogen (secondary N) is 9. The van der Waals surface area contributed by atoms with Gasteiger partial charge in [0.05, 0.1) is 18.6 Å². The van der Waals surface area contributed by atoms with E-state index in [0.29, 0.717) is 82.0 Å². The van der Waals surface area contributed by atoms with Crippen molar-refractivity contribution in [3.63, 3.8) is 0 Å². The molecule has 3 aromatic carbocycles. The van der Waals surface area contributed by atoms with E-state index in [9.17, 15) is 58.5 Å². The Morgan fingerprint density at radius 1 is 0.515 bits per heavy atom. The SMILES string of the molecule is CCCC[C@H]1C(=O)N(C)[C@@H](CCCC)C(=O)N[C@@H](CC(C)C)C(=O)N[C@H](C(N)=O)CCCC(=O)N[C@@H](Cc2ccc(Cl)cc2)C(=O)N2CCCC[C@H]2C(=O)N[C@@H](CC(=O)O)C(=O)N2CCC[C@H]2C(=O)N[C@@H](CN)C(=O)N[C@@H](CC(C)C)C(=O)N2C[C@H](O)C[C@H]2C(=O)C[C@@H](Cc2c[nH]c3ccccc23)C(=O)N[C@@H](CCN)C(=O)N[C@@H](Cc2cn(CC(=O)O)c3ccccc23)C(=O)N1C. The molecule has 132 heavy (non-hydrogen) atoms. The fourth-order valence-electron chi connectivity index (χ4n) is 18.1. The molecule has 9 rings (SSSR count). The Hall–Kier alpha value is -11.9. The number of halogens is 1. The molecule has 0 unspecified atom stereocenters. The monoisotopic (exact) mass is 1850 g/mol. The number of aliphatic hydroxyl groups is 1. The van der Waals surface area contributed by atoms with Crippen LogP contribution in [0.25, 0.3) is 21.8 Å². The molecule has 39 heteroatoms. The first-order valence-corrected chi connectivity index (χ1v) is 46.3. The summed E-state index contributed by atoms with van der Waals surface area (Å²) in [6.45, 7) is 8.93. The zero-order valence-corrected chi connectivity index (χ0v) is 77.2. The molecule has 5 aromatic rings. The molecule has 0 saturated carbocycles. The van der Waals surface area contributed by atoms with E-state index in [1.165, 1.54) is 39.6 Å². The number of piperidine rings is 1. The molecule has 6 heterocycles. The Labute approximate surface area is 772 Å². The van der Waals surface area contributed by atoms with Crippen LogP contribution in [-0.2, 0) is 107 Å². The highest BCUT2D eigenvalue weighted by molar-refractivity contribution is 6.30. The largest absolute Gasteiger partial charge is 0.481 e. The Balaban J connectivity index is 1.09. The van der Waals surface area contributed by atoms with Crippen molar-refractivity contribution >= 4 is 134 Å². The van der Waals surface area contributed by atoms with Crippen LogP contribution in [-0.4, -0.2) is 281 Å². The number of carbonyl (C=O) groups excluding carboxylic acids is 15. The third-order valence-electron chi connectivity index (χ3n) is 25.1. The van der Waals surface area contributed by atoms with Gasteiger partial charge in [0.1, 0.15) is 79.0 Å². The second-order valence-electron chi connectivity index (χ2n) is 36.0. The molecule has 15 atom stereocenters. The molecule has 720 valence electrons. The van der Waals surface area contributed by atoms with Crippen LogP contribution < -0.4 is 59.7 Å². The minimum absolute atomic E-state index is 0.00143. The summed E-state index contributed by atoms with van der Waals surface area (Å²) in [4.78, 5) is 259. The summed E-state index contributed by atoms with van der Waals surface area (Å²) in [7, 11) is 2.76. The number of hydrogen-bond acceptors (Lipinski definition) is 20. The Morgan fingerprint density at radius 2 is 1.07 bits per heavy atom. The molecule has 14 amide bonds. The van der Waals surface area contributed by atoms with Crippen molar-refractivity contribution in [1.29, 1.82) is 0 Å². The van der Waals surface area contributed by atoms with Gasteiger partial charge in [-0.1, -0.05) is 127 Å².